The summed E-state index contributed by atoms with van der Waals surface area (Å²) in [5, 5.41) is 4.35. The fourth-order valence-corrected chi connectivity index (χ4v) is 3.20. The first-order chi connectivity index (χ1) is 10.3. The zero-order valence-electron chi connectivity index (χ0n) is 14.1. The van der Waals surface area contributed by atoms with Crippen LogP contribution in [0.15, 0.2) is 41.1 Å². The van der Waals surface area contributed by atoms with Gasteiger partial charge in [0.05, 0.1) is 0 Å². The van der Waals surface area contributed by atoms with E-state index in [1.807, 2.05) is 13.8 Å². The van der Waals surface area contributed by atoms with Crippen LogP contribution >= 0.6 is 11.3 Å². The second-order valence-electron chi connectivity index (χ2n) is 5.33. The molecule has 0 spiro atoms. The van der Waals surface area contributed by atoms with Crippen LogP contribution in [0.3, 0.4) is 0 Å². The fraction of sp³-hybridized carbons (Fsp3) is 0.500. The van der Waals surface area contributed by atoms with E-state index in [9.17, 15) is 0 Å². The Morgan fingerprint density at radius 2 is 1.67 bits per heavy atom. The van der Waals surface area contributed by atoms with Crippen molar-refractivity contribution in [1.82, 2.24) is 0 Å². The molecule has 1 heteroatoms. The third-order valence-electron chi connectivity index (χ3n) is 3.88. The van der Waals surface area contributed by atoms with Crippen LogP contribution in [-0.2, 0) is 6.42 Å². The van der Waals surface area contributed by atoms with Gasteiger partial charge in [0, 0.05) is 0 Å². The van der Waals surface area contributed by atoms with Crippen LogP contribution in [0, 0.1) is 5.92 Å². The summed E-state index contributed by atoms with van der Waals surface area (Å²) in [6.45, 7) is 8.60. The van der Waals surface area contributed by atoms with Gasteiger partial charge in [0.2, 0.25) is 0 Å². The van der Waals surface area contributed by atoms with Gasteiger partial charge in [-0.15, -0.1) is 0 Å². The molecule has 0 radical (unpaired) electrons. The molecule has 2 rings (SSSR count). The fourth-order valence-electron chi connectivity index (χ4n) is 2.54. The lowest BCUT2D eigenvalue weighted by molar-refractivity contribution is 0.449. The summed E-state index contributed by atoms with van der Waals surface area (Å²) >= 11 is 1.76. The third-order valence-corrected chi connectivity index (χ3v) is 4.56. The topological polar surface area (TPSA) is 0 Å². The predicted octanol–water partition coefficient (Wildman–Crippen LogP) is 7.20. The first-order valence-corrected chi connectivity index (χ1v) is 9.39. The highest BCUT2D eigenvalue weighted by molar-refractivity contribution is 7.08. The lowest BCUT2D eigenvalue weighted by Gasteiger charge is -2.14. The van der Waals surface area contributed by atoms with Crippen molar-refractivity contribution in [1.29, 1.82) is 0 Å². The van der Waals surface area contributed by atoms with E-state index < -0.39 is 0 Å². The maximum absolute atomic E-state index is 2.32. The van der Waals surface area contributed by atoms with E-state index in [2.05, 4.69) is 54.9 Å². The minimum Gasteiger partial charge on any atom is -0.152 e. The third kappa shape index (κ3) is 6.05. The molecule has 1 atom stereocenters. The van der Waals surface area contributed by atoms with Crippen molar-refractivity contribution < 1.29 is 0 Å². The molecule has 0 aliphatic carbocycles. The molecule has 116 valence electrons. The number of thiophene rings is 1. The van der Waals surface area contributed by atoms with E-state index in [4.69, 9.17) is 0 Å². The lowest BCUT2D eigenvalue weighted by Crippen LogP contribution is -2.03. The Morgan fingerprint density at radius 1 is 0.952 bits per heavy atom. The van der Waals surface area contributed by atoms with Gasteiger partial charge in [-0.1, -0.05) is 77.6 Å². The van der Waals surface area contributed by atoms with Crippen molar-refractivity contribution in [3.05, 3.63) is 46.7 Å². The van der Waals surface area contributed by atoms with E-state index in [0.717, 1.165) is 5.92 Å². The first-order valence-electron chi connectivity index (χ1n) is 8.45. The zero-order chi connectivity index (χ0) is 15.5. The molecule has 0 saturated carbocycles. The number of hydrogen-bond donors (Lipinski definition) is 0. The van der Waals surface area contributed by atoms with E-state index in [1.54, 1.807) is 11.3 Å². The molecule has 1 aromatic heterocycles. The number of rotatable bonds is 7. The molecule has 0 nitrogen and oxygen atoms in total. The van der Waals surface area contributed by atoms with E-state index in [1.165, 1.54) is 48.8 Å². The van der Waals surface area contributed by atoms with E-state index in [0.29, 0.717) is 0 Å². The summed E-state index contributed by atoms with van der Waals surface area (Å²) in [6, 6.07) is 11.3. The molecule has 1 unspecified atom stereocenters. The van der Waals surface area contributed by atoms with Gasteiger partial charge in [-0.2, -0.15) is 11.3 Å². The van der Waals surface area contributed by atoms with Crippen LogP contribution < -0.4 is 0 Å². The van der Waals surface area contributed by atoms with Crippen molar-refractivity contribution in [2.75, 3.05) is 0 Å². The minimum atomic E-state index is 0.854. The summed E-state index contributed by atoms with van der Waals surface area (Å²) < 4.78 is 0. The molecule has 0 amide bonds. The van der Waals surface area contributed by atoms with Crippen LogP contribution in [0.25, 0.3) is 11.1 Å². The monoisotopic (exact) mass is 302 g/mol. The maximum Gasteiger partial charge on any atom is -0.00147 e. The Morgan fingerprint density at radius 3 is 2.19 bits per heavy atom. The minimum absolute atomic E-state index is 0.854. The SMILES string of the molecule is CC.CCCCC(CC)Cc1ccc(-c2ccsc2)cc1. The number of hydrogen-bond acceptors (Lipinski definition) is 1. The predicted molar refractivity (Wildman–Crippen MR) is 98.1 cm³/mol. The summed E-state index contributed by atoms with van der Waals surface area (Å²) in [5.41, 5.74) is 4.17. The van der Waals surface area contributed by atoms with Gasteiger partial charge in [0.25, 0.3) is 0 Å². The molecular weight excluding hydrogens is 272 g/mol. The van der Waals surface area contributed by atoms with Gasteiger partial charge in [-0.25, -0.2) is 0 Å². The molecule has 0 aliphatic rings. The van der Waals surface area contributed by atoms with Gasteiger partial charge in [-0.3, -0.25) is 0 Å². The van der Waals surface area contributed by atoms with Crippen molar-refractivity contribution in [2.24, 2.45) is 5.92 Å². The highest BCUT2D eigenvalue weighted by Crippen LogP contribution is 2.24. The van der Waals surface area contributed by atoms with Gasteiger partial charge >= 0.3 is 0 Å². The van der Waals surface area contributed by atoms with Crippen molar-refractivity contribution in [3.63, 3.8) is 0 Å². The molecule has 1 heterocycles. The van der Waals surface area contributed by atoms with E-state index >= 15 is 0 Å². The van der Waals surface area contributed by atoms with Crippen molar-refractivity contribution >= 4 is 11.3 Å². The standard InChI is InChI=1S/C18H24S.C2H6/c1-3-5-6-15(4-2)13-16-7-9-17(10-8-16)18-11-12-19-14-18;1-2/h7-12,14-15H,3-6,13H2,1-2H3;1-2H3. The Balaban J connectivity index is 0.00000106. The molecule has 2 aromatic rings. The van der Waals surface area contributed by atoms with Crippen LogP contribution in [0.5, 0.6) is 0 Å². The Kier molecular flexibility index (Phi) is 9.09. The smallest absolute Gasteiger partial charge is 0.00147 e. The molecule has 0 aliphatic heterocycles. The van der Waals surface area contributed by atoms with Gasteiger partial charge in [0.1, 0.15) is 0 Å². The average molecular weight is 303 g/mol. The molecule has 1 aromatic carbocycles. The van der Waals surface area contributed by atoms with Gasteiger partial charge in [0.15, 0.2) is 0 Å². The highest BCUT2D eigenvalue weighted by Gasteiger charge is 2.07. The summed E-state index contributed by atoms with van der Waals surface area (Å²) in [5.74, 6) is 0.854. The molecule has 0 N–H and O–H groups in total. The van der Waals surface area contributed by atoms with Crippen molar-refractivity contribution in [3.8, 4) is 11.1 Å². The average Bonchev–Trinajstić information content (AvgIpc) is 3.08. The lowest BCUT2D eigenvalue weighted by atomic mass is 9.91. The summed E-state index contributed by atoms with van der Waals surface area (Å²) in [6.07, 6.45) is 6.59. The van der Waals surface area contributed by atoms with Crippen LogP contribution in [-0.4, -0.2) is 0 Å². The molecular formula is C20H30S. The summed E-state index contributed by atoms with van der Waals surface area (Å²) in [7, 11) is 0. The van der Waals surface area contributed by atoms with Crippen LogP contribution in [0.4, 0.5) is 0 Å². The van der Waals surface area contributed by atoms with Gasteiger partial charge < -0.3 is 0 Å². The second kappa shape index (κ2) is 10.6. The quantitative estimate of drug-likeness (QED) is 0.507. The zero-order valence-corrected chi connectivity index (χ0v) is 14.9. The highest BCUT2D eigenvalue weighted by atomic mass is 32.1. The first kappa shape index (κ1) is 18.0. The Bertz CT molecular complexity index is 453. The summed E-state index contributed by atoms with van der Waals surface area (Å²) in [4.78, 5) is 0. The van der Waals surface area contributed by atoms with Gasteiger partial charge in [-0.05, 0) is 45.9 Å². The van der Waals surface area contributed by atoms with E-state index in [-0.39, 0.29) is 0 Å². The number of benzene rings is 1. The molecule has 0 bridgehead atoms. The number of unbranched alkanes of at least 4 members (excludes halogenated alkanes) is 1. The molecule has 0 fully saturated rings. The van der Waals surface area contributed by atoms with Crippen molar-refractivity contribution in [2.45, 2.75) is 59.8 Å². The second-order valence-corrected chi connectivity index (χ2v) is 6.11. The Labute approximate surface area is 135 Å². The normalized spacial score (nSPS) is 11.6. The Hall–Kier alpha value is -1.08. The van der Waals surface area contributed by atoms with Crippen LogP contribution in [0.2, 0.25) is 0 Å². The largest absolute Gasteiger partial charge is 0.152 e. The molecule has 0 saturated heterocycles. The maximum atomic E-state index is 2.32. The van der Waals surface area contributed by atoms with Crippen LogP contribution in [0.1, 0.15) is 58.9 Å². The molecule has 21 heavy (non-hydrogen) atoms.